The van der Waals surface area contributed by atoms with Gasteiger partial charge in [-0.2, -0.15) is 0 Å². The maximum atomic E-state index is 13.1. The van der Waals surface area contributed by atoms with Crippen LogP contribution >= 0.6 is 15.9 Å². The molecule has 2 heterocycles. The van der Waals surface area contributed by atoms with Gasteiger partial charge in [-0.1, -0.05) is 113 Å². The summed E-state index contributed by atoms with van der Waals surface area (Å²) in [5, 5.41) is 16.3. The van der Waals surface area contributed by atoms with Crippen molar-refractivity contribution in [3.8, 4) is 0 Å². The Morgan fingerprint density at radius 1 is 0.800 bits per heavy atom. The van der Waals surface area contributed by atoms with Crippen LogP contribution in [-0.2, 0) is 25.0 Å². The van der Waals surface area contributed by atoms with Crippen LogP contribution < -0.4 is 4.90 Å². The van der Waals surface area contributed by atoms with E-state index in [0.29, 0.717) is 6.42 Å². The van der Waals surface area contributed by atoms with E-state index in [9.17, 15) is 5.11 Å². The fraction of sp³-hybridized carbons (Fsp3) is 0.225. The first-order valence-electron chi connectivity index (χ1n) is 15.7. The molecule has 0 bridgehead atoms. The van der Waals surface area contributed by atoms with E-state index in [1.807, 2.05) is 0 Å². The standard InChI is InChI=1S/C40H38BrN3O/c1-43(2)22-20-40(45,36-18-10-16-30-14-8-9-17-35(30)36)37-26-34(41)25-32-24-33(23-28-11-4-3-5-12-28)39(42-38(32)37)44-21-19-29-13-6-7-15-31(29)27-44/h3-18,24-26,45H,19-23,27H2,1-2H3. The number of pyridine rings is 1. The van der Waals surface area contributed by atoms with Crippen molar-refractivity contribution in [3.05, 3.63) is 153 Å². The van der Waals surface area contributed by atoms with Gasteiger partial charge in [0.1, 0.15) is 11.4 Å². The Hall–Kier alpha value is -4.03. The predicted molar refractivity (Wildman–Crippen MR) is 190 cm³/mol. The molecule has 0 saturated heterocycles. The highest BCUT2D eigenvalue weighted by atomic mass is 79.9. The van der Waals surface area contributed by atoms with Crippen molar-refractivity contribution in [2.45, 2.75) is 31.4 Å². The van der Waals surface area contributed by atoms with Crippen LogP contribution in [0.3, 0.4) is 0 Å². The molecule has 7 rings (SSSR count). The van der Waals surface area contributed by atoms with Gasteiger partial charge in [0.05, 0.1) is 5.52 Å². The minimum Gasteiger partial charge on any atom is -0.380 e. The molecule has 1 N–H and O–H groups in total. The maximum Gasteiger partial charge on any atom is 0.133 e. The van der Waals surface area contributed by atoms with Crippen molar-refractivity contribution in [3.63, 3.8) is 0 Å². The molecule has 6 aromatic rings. The summed E-state index contributed by atoms with van der Waals surface area (Å²) in [5.41, 5.74) is 6.53. The Bertz CT molecular complexity index is 1980. The molecule has 0 fully saturated rings. The van der Waals surface area contributed by atoms with Gasteiger partial charge >= 0.3 is 0 Å². The number of aliphatic hydroxyl groups is 1. The van der Waals surface area contributed by atoms with E-state index in [1.165, 1.54) is 22.3 Å². The fourth-order valence-electron chi connectivity index (χ4n) is 6.88. The number of aromatic nitrogens is 1. The fourth-order valence-corrected chi connectivity index (χ4v) is 7.36. The van der Waals surface area contributed by atoms with Gasteiger partial charge in [0, 0.05) is 41.5 Å². The summed E-state index contributed by atoms with van der Waals surface area (Å²) < 4.78 is 0.931. The zero-order valence-electron chi connectivity index (χ0n) is 25.9. The summed E-state index contributed by atoms with van der Waals surface area (Å²) in [7, 11) is 4.12. The molecule has 0 saturated carbocycles. The van der Waals surface area contributed by atoms with Gasteiger partial charge in [-0.25, -0.2) is 4.98 Å². The molecule has 0 spiro atoms. The van der Waals surface area contributed by atoms with Gasteiger partial charge in [0.2, 0.25) is 0 Å². The highest BCUT2D eigenvalue weighted by molar-refractivity contribution is 9.10. The number of benzene rings is 5. The third-order valence-electron chi connectivity index (χ3n) is 9.21. The van der Waals surface area contributed by atoms with Crippen molar-refractivity contribution in [1.29, 1.82) is 0 Å². The van der Waals surface area contributed by atoms with E-state index < -0.39 is 5.60 Å². The molecule has 0 amide bonds. The zero-order valence-corrected chi connectivity index (χ0v) is 27.5. The lowest BCUT2D eigenvalue weighted by Crippen LogP contribution is -2.33. The van der Waals surface area contributed by atoms with Crippen LogP contribution in [0.2, 0.25) is 0 Å². The van der Waals surface area contributed by atoms with Gasteiger partial charge in [-0.05, 0) is 83.7 Å². The number of fused-ring (bicyclic) bond motifs is 3. The summed E-state index contributed by atoms with van der Waals surface area (Å²) in [6.45, 7) is 2.43. The maximum absolute atomic E-state index is 13.1. The quantitative estimate of drug-likeness (QED) is 0.178. The van der Waals surface area contributed by atoms with Crippen LogP contribution in [0, 0.1) is 0 Å². The molecule has 1 unspecified atom stereocenters. The summed E-state index contributed by atoms with van der Waals surface area (Å²) >= 11 is 3.82. The number of nitrogens with zero attached hydrogens (tertiary/aromatic N) is 3. The Kier molecular flexibility index (Phi) is 8.17. The molecule has 0 radical (unpaired) electrons. The lowest BCUT2D eigenvalue weighted by Gasteiger charge is -2.34. The van der Waals surface area contributed by atoms with Gasteiger partial charge in [0.15, 0.2) is 0 Å². The molecule has 5 heteroatoms. The molecule has 1 aliphatic rings. The van der Waals surface area contributed by atoms with Gasteiger partial charge in [-0.3, -0.25) is 0 Å². The smallest absolute Gasteiger partial charge is 0.133 e. The van der Waals surface area contributed by atoms with E-state index in [-0.39, 0.29) is 0 Å². The first-order valence-corrected chi connectivity index (χ1v) is 16.5. The summed E-state index contributed by atoms with van der Waals surface area (Å²) in [6, 6.07) is 40.5. The van der Waals surface area contributed by atoms with Crippen LogP contribution in [-0.4, -0.2) is 42.2 Å². The molecular weight excluding hydrogens is 618 g/mol. The molecule has 226 valence electrons. The summed E-state index contributed by atoms with van der Waals surface area (Å²) in [6.07, 6.45) is 2.30. The van der Waals surface area contributed by atoms with Gasteiger partial charge in [-0.15, -0.1) is 0 Å². The molecule has 4 nitrogen and oxygen atoms in total. The van der Waals surface area contributed by atoms with E-state index in [4.69, 9.17) is 4.98 Å². The highest BCUT2D eigenvalue weighted by Crippen LogP contribution is 2.43. The number of rotatable bonds is 8. The van der Waals surface area contributed by atoms with Crippen LogP contribution in [0.25, 0.3) is 21.7 Å². The minimum absolute atomic E-state index is 0.527. The number of halogens is 1. The van der Waals surface area contributed by atoms with Crippen molar-refractivity contribution < 1.29 is 5.11 Å². The first-order chi connectivity index (χ1) is 21.9. The normalized spacial score (nSPS) is 14.6. The van der Waals surface area contributed by atoms with E-state index >= 15 is 0 Å². The molecule has 1 atom stereocenters. The Balaban J connectivity index is 1.46. The monoisotopic (exact) mass is 655 g/mol. The minimum atomic E-state index is -1.27. The number of anilines is 1. The SMILES string of the molecule is CN(C)CCC(O)(c1cccc2ccccc12)c1cc(Br)cc2cc(Cc3ccccc3)c(N3CCc4ccccc4C3)nc12. The van der Waals surface area contributed by atoms with Crippen molar-refractivity contribution in [2.24, 2.45) is 0 Å². The third kappa shape index (κ3) is 5.88. The highest BCUT2D eigenvalue weighted by Gasteiger charge is 2.36. The second kappa shape index (κ2) is 12.4. The molecular formula is C40H38BrN3O. The Labute approximate surface area is 274 Å². The Morgan fingerprint density at radius 3 is 2.36 bits per heavy atom. The topological polar surface area (TPSA) is 39.6 Å². The van der Waals surface area contributed by atoms with Crippen LogP contribution in [0.1, 0.15) is 39.8 Å². The van der Waals surface area contributed by atoms with Crippen molar-refractivity contribution in [2.75, 3.05) is 32.1 Å². The van der Waals surface area contributed by atoms with Gasteiger partial charge in [0.25, 0.3) is 0 Å². The van der Waals surface area contributed by atoms with E-state index in [2.05, 4.69) is 155 Å². The second-order valence-electron chi connectivity index (χ2n) is 12.5. The number of hydrogen-bond donors (Lipinski definition) is 1. The molecule has 5 aromatic carbocycles. The molecule has 1 aromatic heterocycles. The third-order valence-corrected chi connectivity index (χ3v) is 9.67. The molecule has 1 aliphatic heterocycles. The van der Waals surface area contributed by atoms with E-state index in [1.54, 1.807) is 0 Å². The summed E-state index contributed by atoms with van der Waals surface area (Å²) in [4.78, 5) is 10.1. The predicted octanol–water partition coefficient (Wildman–Crippen LogP) is 8.49. The zero-order chi connectivity index (χ0) is 31.0. The Morgan fingerprint density at radius 2 is 1.53 bits per heavy atom. The largest absolute Gasteiger partial charge is 0.380 e. The van der Waals surface area contributed by atoms with Crippen LogP contribution in [0.4, 0.5) is 5.82 Å². The average Bonchev–Trinajstić information content (AvgIpc) is 3.06. The second-order valence-corrected chi connectivity index (χ2v) is 13.5. The molecule has 45 heavy (non-hydrogen) atoms. The van der Waals surface area contributed by atoms with E-state index in [0.717, 1.165) is 75.6 Å². The van der Waals surface area contributed by atoms with Crippen molar-refractivity contribution >= 4 is 43.4 Å². The average molecular weight is 657 g/mol. The van der Waals surface area contributed by atoms with Gasteiger partial charge < -0.3 is 14.9 Å². The van der Waals surface area contributed by atoms with Crippen LogP contribution in [0.5, 0.6) is 0 Å². The summed E-state index contributed by atoms with van der Waals surface area (Å²) in [5.74, 6) is 0.998. The molecule has 0 aliphatic carbocycles. The van der Waals surface area contributed by atoms with Crippen molar-refractivity contribution in [1.82, 2.24) is 9.88 Å². The van der Waals surface area contributed by atoms with Crippen LogP contribution in [0.15, 0.2) is 120 Å². The lowest BCUT2D eigenvalue weighted by molar-refractivity contribution is 0.0656. The lowest BCUT2D eigenvalue weighted by atomic mass is 9.80. The number of hydrogen-bond acceptors (Lipinski definition) is 4. The first kappa shape index (κ1) is 29.7.